The molecule has 0 radical (unpaired) electrons. The average Bonchev–Trinajstić information content (AvgIpc) is 3.21. The van der Waals surface area contributed by atoms with Crippen LogP contribution in [0.2, 0.25) is 0 Å². The molecule has 30 heavy (non-hydrogen) atoms. The van der Waals surface area contributed by atoms with Crippen LogP contribution in [0.5, 0.6) is 0 Å². The molecule has 1 unspecified atom stereocenters. The molecule has 0 bridgehead atoms. The standard InChI is InChI=1S/C23H26N4O3/c1-2-3-9-19-21(22(28)27-12-5-4-10-20(27)25-19)16-7-6-8-17(14-16)24-18-11-13-26(15-18)23(29)30/h4-8,10,12,14,18,24H,2-3,9,11,13,15H2,1H3,(H,29,30). The molecule has 2 N–H and O–H groups in total. The number of hydrogen-bond donors (Lipinski definition) is 2. The number of aryl methyl sites for hydroxylation is 1. The third kappa shape index (κ3) is 4.01. The number of pyridine rings is 1. The number of fused-ring (bicyclic) bond motifs is 1. The second kappa shape index (κ2) is 8.57. The fourth-order valence-corrected chi connectivity index (χ4v) is 4.00. The molecule has 1 aromatic carbocycles. The van der Waals surface area contributed by atoms with Gasteiger partial charge in [0.1, 0.15) is 5.65 Å². The summed E-state index contributed by atoms with van der Waals surface area (Å²) >= 11 is 0. The van der Waals surface area contributed by atoms with Gasteiger partial charge in [-0.2, -0.15) is 0 Å². The van der Waals surface area contributed by atoms with Crippen LogP contribution in [0, 0.1) is 0 Å². The van der Waals surface area contributed by atoms with Gasteiger partial charge in [-0.1, -0.05) is 31.5 Å². The van der Waals surface area contributed by atoms with Gasteiger partial charge >= 0.3 is 6.09 Å². The Morgan fingerprint density at radius 1 is 1.27 bits per heavy atom. The van der Waals surface area contributed by atoms with Crippen molar-refractivity contribution in [3.05, 3.63) is 64.7 Å². The van der Waals surface area contributed by atoms with Crippen molar-refractivity contribution in [1.29, 1.82) is 0 Å². The first-order chi connectivity index (χ1) is 14.6. The summed E-state index contributed by atoms with van der Waals surface area (Å²) in [5.74, 6) is 0. The molecule has 156 valence electrons. The number of amides is 1. The van der Waals surface area contributed by atoms with Gasteiger partial charge in [0, 0.05) is 31.0 Å². The number of aromatic nitrogens is 2. The van der Waals surface area contributed by atoms with E-state index in [2.05, 4.69) is 12.2 Å². The Morgan fingerprint density at radius 2 is 2.13 bits per heavy atom. The Hall–Kier alpha value is -3.35. The summed E-state index contributed by atoms with van der Waals surface area (Å²) in [6.45, 7) is 3.12. The molecule has 1 aliphatic heterocycles. The second-order valence-electron chi connectivity index (χ2n) is 7.71. The van der Waals surface area contributed by atoms with E-state index in [0.717, 1.165) is 42.6 Å². The van der Waals surface area contributed by atoms with Crippen molar-refractivity contribution in [1.82, 2.24) is 14.3 Å². The van der Waals surface area contributed by atoms with Crippen molar-refractivity contribution in [3.8, 4) is 11.1 Å². The van der Waals surface area contributed by atoms with E-state index in [9.17, 15) is 9.59 Å². The molecule has 1 saturated heterocycles. The molecule has 1 fully saturated rings. The minimum Gasteiger partial charge on any atom is -0.465 e. The second-order valence-corrected chi connectivity index (χ2v) is 7.71. The van der Waals surface area contributed by atoms with Crippen LogP contribution in [0.1, 0.15) is 31.9 Å². The maximum Gasteiger partial charge on any atom is 0.407 e. The molecule has 4 rings (SSSR count). The van der Waals surface area contributed by atoms with E-state index in [0.29, 0.717) is 24.3 Å². The molecular formula is C23H26N4O3. The van der Waals surface area contributed by atoms with E-state index < -0.39 is 6.09 Å². The summed E-state index contributed by atoms with van der Waals surface area (Å²) in [4.78, 5) is 30.7. The Kier molecular flexibility index (Phi) is 5.70. The third-order valence-electron chi connectivity index (χ3n) is 5.56. The van der Waals surface area contributed by atoms with Crippen LogP contribution in [0.4, 0.5) is 10.5 Å². The van der Waals surface area contributed by atoms with Crippen LogP contribution in [0.25, 0.3) is 16.8 Å². The maximum atomic E-state index is 13.3. The smallest absolute Gasteiger partial charge is 0.407 e. The van der Waals surface area contributed by atoms with E-state index in [1.165, 1.54) is 4.90 Å². The molecule has 2 aromatic heterocycles. The molecule has 7 heteroatoms. The number of likely N-dealkylation sites (tertiary alicyclic amines) is 1. The lowest BCUT2D eigenvalue weighted by molar-refractivity contribution is 0.155. The van der Waals surface area contributed by atoms with E-state index in [4.69, 9.17) is 10.1 Å². The predicted molar refractivity (Wildman–Crippen MR) is 117 cm³/mol. The van der Waals surface area contributed by atoms with Gasteiger partial charge in [-0.3, -0.25) is 9.20 Å². The molecule has 1 amide bonds. The molecule has 0 aliphatic carbocycles. The van der Waals surface area contributed by atoms with Crippen LogP contribution in [-0.2, 0) is 6.42 Å². The van der Waals surface area contributed by atoms with E-state index in [1.807, 2.05) is 42.5 Å². The summed E-state index contributed by atoms with van der Waals surface area (Å²) in [5, 5.41) is 12.6. The highest BCUT2D eigenvalue weighted by atomic mass is 16.4. The Balaban J connectivity index is 1.70. The lowest BCUT2D eigenvalue weighted by Gasteiger charge is -2.16. The van der Waals surface area contributed by atoms with Crippen LogP contribution < -0.4 is 10.9 Å². The number of unbranched alkanes of at least 4 members (excludes halogenated alkanes) is 1. The van der Waals surface area contributed by atoms with Crippen LogP contribution >= 0.6 is 0 Å². The van der Waals surface area contributed by atoms with Crippen molar-refractivity contribution in [2.75, 3.05) is 18.4 Å². The zero-order chi connectivity index (χ0) is 21.1. The molecule has 3 aromatic rings. The number of benzene rings is 1. The van der Waals surface area contributed by atoms with Crippen LogP contribution in [0.15, 0.2) is 53.5 Å². The number of anilines is 1. The SMILES string of the molecule is CCCCc1nc2ccccn2c(=O)c1-c1cccc(NC2CCN(C(=O)O)C2)c1. The van der Waals surface area contributed by atoms with E-state index >= 15 is 0 Å². The van der Waals surface area contributed by atoms with Crippen molar-refractivity contribution >= 4 is 17.4 Å². The van der Waals surface area contributed by atoms with E-state index in [-0.39, 0.29) is 11.6 Å². The minimum atomic E-state index is -0.885. The van der Waals surface area contributed by atoms with Crippen LogP contribution in [0.3, 0.4) is 0 Å². The van der Waals surface area contributed by atoms with Crippen molar-refractivity contribution < 1.29 is 9.90 Å². The number of nitrogens with zero attached hydrogens (tertiary/aromatic N) is 3. The van der Waals surface area contributed by atoms with E-state index in [1.54, 1.807) is 10.6 Å². The normalized spacial score (nSPS) is 16.2. The molecule has 7 nitrogen and oxygen atoms in total. The Bertz CT molecular complexity index is 1120. The molecular weight excluding hydrogens is 380 g/mol. The van der Waals surface area contributed by atoms with Crippen molar-refractivity contribution in [2.45, 2.75) is 38.6 Å². The molecule has 3 heterocycles. The van der Waals surface area contributed by atoms with Gasteiger partial charge in [0.15, 0.2) is 0 Å². The summed E-state index contributed by atoms with van der Waals surface area (Å²) in [6.07, 6.45) is 4.37. The topological polar surface area (TPSA) is 86.9 Å². The number of hydrogen-bond acceptors (Lipinski definition) is 4. The maximum absolute atomic E-state index is 13.3. The average molecular weight is 406 g/mol. The molecule has 1 aliphatic rings. The predicted octanol–water partition coefficient (Wildman–Crippen LogP) is 3.87. The van der Waals surface area contributed by atoms with Gasteiger partial charge in [0.25, 0.3) is 5.56 Å². The largest absolute Gasteiger partial charge is 0.465 e. The number of rotatable bonds is 6. The fourth-order valence-electron chi connectivity index (χ4n) is 4.00. The number of nitrogens with one attached hydrogen (secondary N) is 1. The van der Waals surface area contributed by atoms with Gasteiger partial charge in [-0.25, -0.2) is 9.78 Å². The number of carboxylic acid groups (broad SMARTS) is 1. The molecule has 0 saturated carbocycles. The van der Waals surface area contributed by atoms with Gasteiger partial charge in [0.05, 0.1) is 11.3 Å². The first-order valence-corrected chi connectivity index (χ1v) is 10.4. The van der Waals surface area contributed by atoms with Crippen molar-refractivity contribution in [3.63, 3.8) is 0 Å². The Labute approximate surface area is 175 Å². The van der Waals surface area contributed by atoms with Crippen molar-refractivity contribution in [2.24, 2.45) is 0 Å². The third-order valence-corrected chi connectivity index (χ3v) is 5.56. The summed E-state index contributed by atoms with van der Waals surface area (Å²) in [6, 6.07) is 13.4. The molecule has 0 spiro atoms. The highest BCUT2D eigenvalue weighted by Crippen LogP contribution is 2.25. The highest BCUT2D eigenvalue weighted by molar-refractivity contribution is 5.71. The van der Waals surface area contributed by atoms with Gasteiger partial charge < -0.3 is 15.3 Å². The van der Waals surface area contributed by atoms with Gasteiger partial charge in [-0.05, 0) is 49.1 Å². The Morgan fingerprint density at radius 3 is 2.90 bits per heavy atom. The first-order valence-electron chi connectivity index (χ1n) is 10.4. The zero-order valence-electron chi connectivity index (χ0n) is 17.0. The molecule has 1 atom stereocenters. The monoisotopic (exact) mass is 406 g/mol. The quantitative estimate of drug-likeness (QED) is 0.649. The van der Waals surface area contributed by atoms with Gasteiger partial charge in [-0.15, -0.1) is 0 Å². The first kappa shape index (κ1) is 19.9. The summed E-state index contributed by atoms with van der Waals surface area (Å²) < 4.78 is 1.59. The zero-order valence-corrected chi connectivity index (χ0v) is 17.0. The van der Waals surface area contributed by atoms with Crippen LogP contribution in [-0.4, -0.2) is 44.6 Å². The minimum absolute atomic E-state index is 0.0618. The fraction of sp³-hybridized carbons (Fsp3) is 0.348. The number of carbonyl (C=O) groups is 1. The lowest BCUT2D eigenvalue weighted by Crippen LogP contribution is -2.30. The summed E-state index contributed by atoms with van der Waals surface area (Å²) in [5.41, 5.74) is 3.75. The van der Waals surface area contributed by atoms with Gasteiger partial charge in [0.2, 0.25) is 0 Å². The highest BCUT2D eigenvalue weighted by Gasteiger charge is 2.25. The lowest BCUT2D eigenvalue weighted by atomic mass is 10.0. The summed E-state index contributed by atoms with van der Waals surface area (Å²) in [7, 11) is 0.